The minimum Gasteiger partial charge on any atom is -0.472 e. The smallest absolute Gasteiger partial charge is 0.233 e. The summed E-state index contributed by atoms with van der Waals surface area (Å²) in [4.78, 5) is 0. The van der Waals surface area contributed by atoms with Crippen LogP contribution in [0.4, 0.5) is 0 Å². The Bertz CT molecular complexity index is 534. The highest BCUT2D eigenvalue weighted by molar-refractivity contribution is 9.10. The van der Waals surface area contributed by atoms with Crippen molar-refractivity contribution in [1.82, 2.24) is 9.78 Å². The second-order valence-corrected chi connectivity index (χ2v) is 5.43. The molecule has 0 bridgehead atoms. The van der Waals surface area contributed by atoms with E-state index in [4.69, 9.17) is 4.74 Å². The largest absolute Gasteiger partial charge is 0.472 e. The molecule has 0 saturated heterocycles. The molecule has 1 heterocycles. The zero-order valence-electron chi connectivity index (χ0n) is 10.9. The fourth-order valence-electron chi connectivity index (χ4n) is 1.89. The average molecular weight is 309 g/mol. The van der Waals surface area contributed by atoms with E-state index < -0.39 is 0 Å². The van der Waals surface area contributed by atoms with Crippen molar-refractivity contribution in [3.8, 4) is 5.88 Å². The normalized spacial score (nSPS) is 10.9. The lowest BCUT2D eigenvalue weighted by Crippen LogP contribution is -2.03. The number of hydrogen-bond donors (Lipinski definition) is 0. The first kappa shape index (κ1) is 13.1. The van der Waals surface area contributed by atoms with Crippen LogP contribution in [-0.2, 0) is 13.7 Å². The van der Waals surface area contributed by atoms with Crippen molar-refractivity contribution >= 4 is 15.9 Å². The third-order valence-electron chi connectivity index (χ3n) is 2.83. The van der Waals surface area contributed by atoms with Crippen molar-refractivity contribution in [3.63, 3.8) is 0 Å². The van der Waals surface area contributed by atoms with E-state index in [0.717, 1.165) is 4.47 Å². The van der Waals surface area contributed by atoms with Gasteiger partial charge in [-0.15, -0.1) is 5.10 Å². The van der Waals surface area contributed by atoms with E-state index in [2.05, 4.69) is 47.0 Å². The zero-order chi connectivity index (χ0) is 13.1. The van der Waals surface area contributed by atoms with Gasteiger partial charge in [-0.1, -0.05) is 41.9 Å². The van der Waals surface area contributed by atoms with Crippen LogP contribution in [0, 0.1) is 0 Å². The topological polar surface area (TPSA) is 27.1 Å². The van der Waals surface area contributed by atoms with Gasteiger partial charge >= 0.3 is 0 Å². The van der Waals surface area contributed by atoms with Crippen LogP contribution in [-0.4, -0.2) is 9.78 Å². The van der Waals surface area contributed by atoms with Gasteiger partial charge in [0.2, 0.25) is 5.88 Å². The van der Waals surface area contributed by atoms with Gasteiger partial charge in [0.25, 0.3) is 0 Å². The summed E-state index contributed by atoms with van der Waals surface area (Å²) in [5, 5.41) is 4.21. The van der Waals surface area contributed by atoms with Gasteiger partial charge in [-0.25, -0.2) is 0 Å². The van der Waals surface area contributed by atoms with E-state index in [1.54, 1.807) is 4.68 Å². The molecule has 2 aromatic rings. The summed E-state index contributed by atoms with van der Waals surface area (Å²) in [5.74, 6) is 1.13. The van der Waals surface area contributed by atoms with Crippen LogP contribution in [0.25, 0.3) is 0 Å². The number of ether oxygens (including phenoxy) is 1. The molecule has 3 nitrogen and oxygen atoms in total. The molecule has 0 aliphatic carbocycles. The van der Waals surface area contributed by atoms with Crippen molar-refractivity contribution in [1.29, 1.82) is 0 Å². The molecule has 0 unspecified atom stereocenters. The number of aromatic nitrogens is 2. The molecule has 0 radical (unpaired) electrons. The summed E-state index contributed by atoms with van der Waals surface area (Å²) in [6.45, 7) is 4.91. The van der Waals surface area contributed by atoms with Crippen molar-refractivity contribution in [2.24, 2.45) is 7.05 Å². The zero-order valence-corrected chi connectivity index (χ0v) is 12.4. The third-order valence-corrected chi connectivity index (χ3v) is 3.57. The summed E-state index contributed by atoms with van der Waals surface area (Å²) in [6, 6.07) is 8.12. The number of hydrogen-bond acceptors (Lipinski definition) is 2. The molecule has 0 amide bonds. The van der Waals surface area contributed by atoms with E-state index in [1.807, 2.05) is 25.4 Å². The maximum absolute atomic E-state index is 5.72. The Morgan fingerprint density at radius 3 is 2.72 bits per heavy atom. The highest BCUT2D eigenvalue weighted by atomic mass is 79.9. The SMILES string of the molecule is CC(C)c1cccc(Br)c1COc1ccn(C)n1. The lowest BCUT2D eigenvalue weighted by atomic mass is 9.98. The van der Waals surface area contributed by atoms with Crippen molar-refractivity contribution < 1.29 is 4.74 Å². The van der Waals surface area contributed by atoms with Gasteiger partial charge in [0.05, 0.1) is 0 Å². The van der Waals surface area contributed by atoms with Gasteiger partial charge in [0.15, 0.2) is 0 Å². The molecule has 0 N–H and O–H groups in total. The summed E-state index contributed by atoms with van der Waals surface area (Å²) in [5.41, 5.74) is 2.50. The number of nitrogens with zero attached hydrogens (tertiary/aromatic N) is 2. The van der Waals surface area contributed by atoms with Crippen LogP contribution < -0.4 is 4.74 Å². The molecule has 18 heavy (non-hydrogen) atoms. The number of halogens is 1. The Morgan fingerprint density at radius 1 is 1.33 bits per heavy atom. The number of rotatable bonds is 4. The number of benzene rings is 1. The molecular weight excluding hydrogens is 292 g/mol. The van der Waals surface area contributed by atoms with Gasteiger partial charge in [0.1, 0.15) is 6.61 Å². The van der Waals surface area contributed by atoms with Crippen LogP contribution in [0.1, 0.15) is 30.9 Å². The number of aryl methyl sites for hydroxylation is 1. The monoisotopic (exact) mass is 308 g/mol. The minimum atomic E-state index is 0.477. The Labute approximate surface area is 116 Å². The van der Waals surface area contributed by atoms with Crippen molar-refractivity contribution in [3.05, 3.63) is 46.1 Å². The van der Waals surface area contributed by atoms with E-state index in [-0.39, 0.29) is 0 Å². The van der Waals surface area contributed by atoms with Gasteiger partial charge in [-0.3, -0.25) is 4.68 Å². The van der Waals surface area contributed by atoms with Gasteiger partial charge in [-0.05, 0) is 17.5 Å². The molecule has 2 rings (SSSR count). The molecule has 0 fully saturated rings. The van der Waals surface area contributed by atoms with Crippen LogP contribution in [0.2, 0.25) is 0 Å². The molecule has 0 atom stereocenters. The first-order valence-corrected chi connectivity index (χ1v) is 6.77. The van der Waals surface area contributed by atoms with E-state index in [9.17, 15) is 0 Å². The molecule has 1 aromatic carbocycles. The van der Waals surface area contributed by atoms with E-state index >= 15 is 0 Å². The Kier molecular flexibility index (Phi) is 4.07. The average Bonchev–Trinajstić information content (AvgIpc) is 2.73. The Hall–Kier alpha value is -1.29. The maximum Gasteiger partial charge on any atom is 0.233 e. The van der Waals surface area contributed by atoms with Crippen LogP contribution in [0.5, 0.6) is 5.88 Å². The minimum absolute atomic E-state index is 0.477. The summed E-state index contributed by atoms with van der Waals surface area (Å²) in [6.07, 6.45) is 1.87. The first-order chi connectivity index (χ1) is 8.58. The van der Waals surface area contributed by atoms with Crippen molar-refractivity contribution in [2.45, 2.75) is 26.4 Å². The maximum atomic E-state index is 5.72. The molecule has 0 spiro atoms. The molecule has 4 heteroatoms. The van der Waals surface area contributed by atoms with Crippen LogP contribution >= 0.6 is 15.9 Å². The molecule has 0 saturated carbocycles. The predicted molar refractivity (Wildman–Crippen MR) is 75.8 cm³/mol. The van der Waals surface area contributed by atoms with Crippen LogP contribution in [0.3, 0.4) is 0 Å². The summed E-state index contributed by atoms with van der Waals surface area (Å²) < 4.78 is 8.55. The summed E-state index contributed by atoms with van der Waals surface area (Å²) >= 11 is 3.59. The highest BCUT2D eigenvalue weighted by Crippen LogP contribution is 2.27. The molecule has 96 valence electrons. The Balaban J connectivity index is 2.18. The second-order valence-electron chi connectivity index (χ2n) is 4.58. The van der Waals surface area contributed by atoms with Gasteiger partial charge < -0.3 is 4.74 Å². The molecule has 1 aromatic heterocycles. The van der Waals surface area contributed by atoms with Gasteiger partial charge in [-0.2, -0.15) is 0 Å². The Morgan fingerprint density at radius 2 is 2.11 bits per heavy atom. The van der Waals surface area contributed by atoms with E-state index in [1.165, 1.54) is 11.1 Å². The van der Waals surface area contributed by atoms with Gasteiger partial charge in [0, 0.05) is 29.3 Å². The lowest BCUT2D eigenvalue weighted by molar-refractivity contribution is 0.288. The fourth-order valence-corrected chi connectivity index (χ4v) is 2.38. The predicted octanol–water partition coefficient (Wildman–Crippen LogP) is 3.89. The molecule has 0 aliphatic heterocycles. The third kappa shape index (κ3) is 2.93. The second kappa shape index (κ2) is 5.57. The molecule has 0 aliphatic rings. The summed E-state index contributed by atoms with van der Waals surface area (Å²) in [7, 11) is 1.88. The van der Waals surface area contributed by atoms with E-state index in [0.29, 0.717) is 18.4 Å². The van der Waals surface area contributed by atoms with Crippen molar-refractivity contribution in [2.75, 3.05) is 0 Å². The quantitative estimate of drug-likeness (QED) is 0.857. The standard InChI is InChI=1S/C14H17BrN2O/c1-10(2)11-5-4-6-13(15)12(11)9-18-14-7-8-17(3)16-14/h4-8,10H,9H2,1-3H3. The highest BCUT2D eigenvalue weighted by Gasteiger charge is 2.11. The fraction of sp³-hybridized carbons (Fsp3) is 0.357. The lowest BCUT2D eigenvalue weighted by Gasteiger charge is -2.14. The molecular formula is C14H17BrN2O. The van der Waals surface area contributed by atoms with Crippen LogP contribution in [0.15, 0.2) is 34.9 Å². The first-order valence-electron chi connectivity index (χ1n) is 5.97.